The van der Waals surface area contributed by atoms with E-state index in [1.807, 2.05) is 0 Å². The summed E-state index contributed by atoms with van der Waals surface area (Å²) in [6.07, 6.45) is 1.38. The number of carbonyl (C=O) groups is 1. The predicted molar refractivity (Wildman–Crippen MR) is 162 cm³/mol. The summed E-state index contributed by atoms with van der Waals surface area (Å²) in [6.45, 7) is 0. The first-order chi connectivity index (χ1) is 19.2. The van der Waals surface area contributed by atoms with Gasteiger partial charge in [0.15, 0.2) is 11.6 Å². The molecule has 1 aromatic heterocycles. The van der Waals surface area contributed by atoms with Crippen LogP contribution in [0.5, 0.6) is 5.75 Å². The number of ether oxygens (including phenoxy) is 1. The Kier molecular flexibility index (Phi) is 8.01. The SMILES string of the molecule is O=C(Oc1c(Br)cc(Br)cc1C=Nn1c(-c2ccc([N+](=O)[O-])cc2)nc2ccccc2c1=O)c1ccc(Br)cc1. The molecule has 4 aromatic carbocycles. The van der Waals surface area contributed by atoms with Gasteiger partial charge in [0.2, 0.25) is 0 Å². The molecule has 9 nitrogen and oxygen atoms in total. The number of aromatic nitrogens is 2. The molecule has 0 saturated carbocycles. The molecule has 1 heterocycles. The topological polar surface area (TPSA) is 117 Å². The number of para-hydroxylation sites is 1. The molecule has 0 fully saturated rings. The van der Waals surface area contributed by atoms with Crippen LogP contribution in [0, 0.1) is 10.1 Å². The van der Waals surface area contributed by atoms with E-state index < -0.39 is 16.5 Å². The highest BCUT2D eigenvalue weighted by Crippen LogP contribution is 2.33. The Bertz CT molecular complexity index is 1870. The summed E-state index contributed by atoms with van der Waals surface area (Å²) < 4.78 is 8.80. The zero-order valence-electron chi connectivity index (χ0n) is 20.1. The fourth-order valence-corrected chi connectivity index (χ4v) is 5.39. The van der Waals surface area contributed by atoms with Gasteiger partial charge in [0.1, 0.15) is 0 Å². The van der Waals surface area contributed by atoms with E-state index >= 15 is 0 Å². The third-order valence-corrected chi connectivity index (χ3v) is 7.29. The second-order valence-electron chi connectivity index (χ2n) is 8.32. The number of nitro benzene ring substituents is 1. The number of rotatable bonds is 6. The molecule has 0 bridgehead atoms. The highest BCUT2D eigenvalue weighted by Gasteiger charge is 2.17. The predicted octanol–water partition coefficient (Wildman–Crippen LogP) is 7.36. The second kappa shape index (κ2) is 11.6. The molecule has 5 rings (SSSR count). The average Bonchev–Trinajstić information content (AvgIpc) is 2.94. The van der Waals surface area contributed by atoms with E-state index in [9.17, 15) is 19.7 Å². The van der Waals surface area contributed by atoms with Gasteiger partial charge in [-0.05, 0) is 76.6 Å². The second-order valence-corrected chi connectivity index (χ2v) is 11.0. The minimum absolute atomic E-state index is 0.0989. The number of non-ortho nitro benzene ring substituents is 1. The van der Waals surface area contributed by atoms with Gasteiger partial charge in [-0.15, -0.1) is 0 Å². The van der Waals surface area contributed by atoms with Crippen LogP contribution in [0.15, 0.2) is 108 Å². The molecule has 0 unspecified atom stereocenters. The zero-order valence-corrected chi connectivity index (χ0v) is 24.9. The lowest BCUT2D eigenvalue weighted by molar-refractivity contribution is -0.384. The summed E-state index contributed by atoms with van der Waals surface area (Å²) >= 11 is 10.2. The maximum absolute atomic E-state index is 13.5. The van der Waals surface area contributed by atoms with Crippen LogP contribution >= 0.6 is 47.8 Å². The summed E-state index contributed by atoms with van der Waals surface area (Å²) in [6, 6.07) is 22.6. The number of fused-ring (bicyclic) bond motifs is 1. The molecule has 198 valence electrons. The van der Waals surface area contributed by atoms with Crippen molar-refractivity contribution in [2.24, 2.45) is 5.10 Å². The number of hydrogen-bond acceptors (Lipinski definition) is 7. The molecule has 0 N–H and O–H groups in total. The largest absolute Gasteiger partial charge is 0.421 e. The first-order valence-electron chi connectivity index (χ1n) is 11.5. The molecule has 0 spiro atoms. The van der Waals surface area contributed by atoms with Crippen LogP contribution in [-0.4, -0.2) is 26.8 Å². The van der Waals surface area contributed by atoms with Crippen LogP contribution in [0.4, 0.5) is 5.69 Å². The summed E-state index contributed by atoms with van der Waals surface area (Å²) in [5, 5.41) is 15.9. The number of carbonyl (C=O) groups excluding carboxylic acids is 1. The fraction of sp³-hybridized carbons (Fsp3) is 0. The molecule has 0 saturated heterocycles. The molecule has 0 aliphatic carbocycles. The van der Waals surface area contributed by atoms with Gasteiger partial charge in [0.05, 0.1) is 32.1 Å². The Morgan fingerprint density at radius 1 is 0.950 bits per heavy atom. The van der Waals surface area contributed by atoms with Crippen LogP contribution in [0.25, 0.3) is 22.3 Å². The molecule has 0 aliphatic heterocycles. The van der Waals surface area contributed by atoms with Crippen molar-refractivity contribution < 1.29 is 14.5 Å². The van der Waals surface area contributed by atoms with E-state index in [-0.39, 0.29) is 17.3 Å². The van der Waals surface area contributed by atoms with E-state index in [1.54, 1.807) is 60.7 Å². The van der Waals surface area contributed by atoms with E-state index in [2.05, 4.69) is 57.9 Å². The zero-order chi connectivity index (χ0) is 28.4. The van der Waals surface area contributed by atoms with Crippen LogP contribution in [-0.2, 0) is 0 Å². The first-order valence-corrected chi connectivity index (χ1v) is 13.9. The van der Waals surface area contributed by atoms with Gasteiger partial charge in [-0.3, -0.25) is 14.9 Å². The minimum atomic E-state index is -0.582. The number of benzene rings is 4. The van der Waals surface area contributed by atoms with Gasteiger partial charge >= 0.3 is 5.97 Å². The lowest BCUT2D eigenvalue weighted by Crippen LogP contribution is -2.20. The highest BCUT2D eigenvalue weighted by molar-refractivity contribution is 9.11. The lowest BCUT2D eigenvalue weighted by Gasteiger charge is -2.12. The van der Waals surface area contributed by atoms with Crippen LogP contribution in [0.2, 0.25) is 0 Å². The summed E-state index contributed by atoms with van der Waals surface area (Å²) in [5.74, 6) is -0.211. The third kappa shape index (κ3) is 5.79. The van der Waals surface area contributed by atoms with Crippen LogP contribution in [0.3, 0.4) is 0 Å². The number of nitro groups is 1. The molecular weight excluding hydrogens is 712 g/mol. The maximum Gasteiger partial charge on any atom is 0.343 e. The Hall–Kier alpha value is -4.00. The van der Waals surface area contributed by atoms with Crippen molar-refractivity contribution in [3.8, 4) is 17.1 Å². The van der Waals surface area contributed by atoms with Gasteiger partial charge in [0.25, 0.3) is 11.2 Å². The molecule has 0 radical (unpaired) electrons. The standard InChI is InChI=1S/C28H15Br3N4O5/c29-19-9-5-17(6-10-19)28(37)40-25-18(13-20(30)14-23(25)31)15-32-34-26(16-7-11-21(12-8-16)35(38)39)33-24-4-2-1-3-22(24)27(34)36/h1-15H. The normalized spacial score (nSPS) is 11.2. The first kappa shape index (κ1) is 27.6. The van der Waals surface area contributed by atoms with Crippen LogP contribution in [0.1, 0.15) is 15.9 Å². The molecular formula is C28H15Br3N4O5. The Labute approximate surface area is 251 Å². The molecule has 12 heteroatoms. The van der Waals surface area contributed by atoms with Crippen molar-refractivity contribution in [2.45, 2.75) is 0 Å². The average molecular weight is 727 g/mol. The lowest BCUT2D eigenvalue weighted by atomic mass is 10.1. The molecule has 40 heavy (non-hydrogen) atoms. The summed E-state index contributed by atoms with van der Waals surface area (Å²) in [7, 11) is 0. The van der Waals surface area contributed by atoms with Gasteiger partial charge in [-0.2, -0.15) is 9.78 Å². The van der Waals surface area contributed by atoms with Gasteiger partial charge in [0, 0.05) is 32.2 Å². The van der Waals surface area contributed by atoms with Crippen molar-refractivity contribution in [3.63, 3.8) is 0 Å². The van der Waals surface area contributed by atoms with E-state index in [0.717, 1.165) is 9.15 Å². The van der Waals surface area contributed by atoms with Crippen LogP contribution < -0.4 is 10.3 Å². The van der Waals surface area contributed by atoms with Gasteiger partial charge < -0.3 is 4.74 Å². The van der Waals surface area contributed by atoms with E-state index in [0.29, 0.717) is 36.5 Å². The van der Waals surface area contributed by atoms with Crippen molar-refractivity contribution >= 4 is 76.6 Å². The smallest absolute Gasteiger partial charge is 0.343 e. The van der Waals surface area contributed by atoms with Crippen molar-refractivity contribution in [1.29, 1.82) is 0 Å². The quantitative estimate of drug-likeness (QED) is 0.0594. The van der Waals surface area contributed by atoms with Gasteiger partial charge in [-0.1, -0.05) is 44.0 Å². The van der Waals surface area contributed by atoms with E-state index in [1.165, 1.54) is 30.5 Å². The Morgan fingerprint density at radius 2 is 1.65 bits per heavy atom. The Balaban J connectivity index is 1.62. The van der Waals surface area contributed by atoms with Crippen molar-refractivity contribution in [2.75, 3.05) is 0 Å². The number of halogens is 3. The number of nitrogens with zero attached hydrogens (tertiary/aromatic N) is 4. The highest BCUT2D eigenvalue weighted by atomic mass is 79.9. The molecule has 0 aliphatic rings. The molecule has 0 amide bonds. The third-order valence-electron chi connectivity index (χ3n) is 5.71. The van der Waals surface area contributed by atoms with Gasteiger partial charge in [-0.25, -0.2) is 9.78 Å². The summed E-state index contributed by atoms with van der Waals surface area (Å²) in [5.41, 5.74) is 1.08. The monoisotopic (exact) mass is 724 g/mol. The number of hydrogen-bond donors (Lipinski definition) is 0. The van der Waals surface area contributed by atoms with Crippen molar-refractivity contribution in [1.82, 2.24) is 9.66 Å². The maximum atomic E-state index is 13.5. The number of esters is 1. The summed E-state index contributed by atoms with van der Waals surface area (Å²) in [4.78, 5) is 41.6. The van der Waals surface area contributed by atoms with E-state index in [4.69, 9.17) is 4.74 Å². The molecule has 0 atom stereocenters. The Morgan fingerprint density at radius 3 is 2.35 bits per heavy atom. The minimum Gasteiger partial charge on any atom is -0.421 e. The molecule has 5 aromatic rings. The fourth-order valence-electron chi connectivity index (χ4n) is 3.79. The van der Waals surface area contributed by atoms with Crippen molar-refractivity contribution in [3.05, 3.63) is 130 Å².